The summed E-state index contributed by atoms with van der Waals surface area (Å²) < 4.78 is 6.87. The molecule has 2 fully saturated rings. The van der Waals surface area contributed by atoms with Gasteiger partial charge in [-0.3, -0.25) is 4.79 Å². The molecular weight excluding hydrogens is 392 g/mol. The Balaban J connectivity index is 0.00000169. The minimum Gasteiger partial charge on any atom is -0.451 e. The average molecular weight is 414 g/mol. The van der Waals surface area contributed by atoms with Crippen LogP contribution in [0.15, 0.2) is 27.1 Å². The van der Waals surface area contributed by atoms with E-state index in [1.54, 1.807) is 0 Å². The highest BCUT2D eigenvalue weighted by molar-refractivity contribution is 9.10. The highest BCUT2D eigenvalue weighted by Crippen LogP contribution is 2.32. The van der Waals surface area contributed by atoms with Crippen LogP contribution >= 0.6 is 28.3 Å². The molecule has 0 saturated carbocycles. The molecule has 2 unspecified atom stereocenters. The van der Waals surface area contributed by atoms with Crippen molar-refractivity contribution in [2.24, 2.45) is 0 Å². The number of hydrogen-bond donors (Lipinski definition) is 1. The third kappa shape index (κ3) is 2.98. The number of hydrogen-bond acceptors (Lipinski definition) is 3. The van der Waals surface area contributed by atoms with Crippen molar-refractivity contribution in [1.29, 1.82) is 0 Å². The molecule has 0 spiro atoms. The van der Waals surface area contributed by atoms with Crippen LogP contribution in [0, 0.1) is 6.92 Å². The van der Waals surface area contributed by atoms with E-state index >= 15 is 0 Å². The number of carbonyl (C=O) groups excluding carboxylic acids is 1. The molecule has 1 aromatic heterocycles. The standard InChI is InChI=1S/C18H21BrN2O2.ClH/c1-10-15-7-11(19)3-6-16(15)23-17(10)18(22)21(2)14-8-12-4-5-13(9-14)20-12;/h3,6-7,12-14,20H,4-5,8-9H2,1-2H3;1H. The third-order valence-corrected chi connectivity index (χ3v) is 5.90. The van der Waals surface area contributed by atoms with Crippen LogP contribution < -0.4 is 5.32 Å². The summed E-state index contributed by atoms with van der Waals surface area (Å²) >= 11 is 3.48. The number of halogens is 2. The summed E-state index contributed by atoms with van der Waals surface area (Å²) in [6.45, 7) is 1.96. The smallest absolute Gasteiger partial charge is 0.289 e. The van der Waals surface area contributed by atoms with Crippen LogP contribution in [-0.4, -0.2) is 36.0 Å². The summed E-state index contributed by atoms with van der Waals surface area (Å²) in [4.78, 5) is 14.8. The van der Waals surface area contributed by atoms with E-state index < -0.39 is 0 Å². The van der Waals surface area contributed by atoms with Gasteiger partial charge in [0.1, 0.15) is 5.58 Å². The molecule has 0 aliphatic carbocycles. The molecule has 3 heterocycles. The Kier molecular flexibility index (Phi) is 4.96. The van der Waals surface area contributed by atoms with Gasteiger partial charge in [-0.15, -0.1) is 12.4 Å². The second kappa shape index (κ2) is 6.70. The van der Waals surface area contributed by atoms with E-state index in [1.807, 2.05) is 37.1 Å². The maximum atomic E-state index is 13.0. The van der Waals surface area contributed by atoms with E-state index in [4.69, 9.17) is 4.42 Å². The number of carbonyl (C=O) groups is 1. The maximum absolute atomic E-state index is 13.0. The molecule has 2 aliphatic rings. The summed E-state index contributed by atoms with van der Waals surface area (Å²) in [5.41, 5.74) is 1.70. The molecule has 1 amide bonds. The molecule has 2 aromatic rings. The molecule has 1 aromatic carbocycles. The Morgan fingerprint density at radius 1 is 1.29 bits per heavy atom. The summed E-state index contributed by atoms with van der Waals surface area (Å²) in [5, 5.41) is 4.63. The van der Waals surface area contributed by atoms with E-state index in [0.717, 1.165) is 33.8 Å². The number of nitrogens with one attached hydrogen (secondary N) is 1. The van der Waals surface area contributed by atoms with Gasteiger partial charge in [-0.1, -0.05) is 15.9 Å². The molecular formula is C18H22BrClN2O2. The predicted octanol–water partition coefficient (Wildman–Crippen LogP) is 4.28. The minimum absolute atomic E-state index is 0. The Morgan fingerprint density at radius 2 is 1.96 bits per heavy atom. The molecule has 2 atom stereocenters. The summed E-state index contributed by atoms with van der Waals surface area (Å²) in [5.74, 6) is 0.479. The van der Waals surface area contributed by atoms with Crippen molar-refractivity contribution in [3.05, 3.63) is 34.0 Å². The highest BCUT2D eigenvalue weighted by Gasteiger charge is 2.37. The minimum atomic E-state index is 0. The van der Waals surface area contributed by atoms with Crippen molar-refractivity contribution in [3.8, 4) is 0 Å². The lowest BCUT2D eigenvalue weighted by Gasteiger charge is -2.35. The first-order valence-corrected chi connectivity index (χ1v) is 9.04. The molecule has 4 rings (SSSR count). The van der Waals surface area contributed by atoms with Gasteiger partial charge in [0.05, 0.1) is 0 Å². The van der Waals surface area contributed by atoms with E-state index in [2.05, 4.69) is 21.2 Å². The van der Waals surface area contributed by atoms with Crippen LogP contribution in [0.3, 0.4) is 0 Å². The summed E-state index contributed by atoms with van der Waals surface area (Å²) in [6, 6.07) is 7.31. The molecule has 4 nitrogen and oxygen atoms in total. The normalized spacial score (nSPS) is 25.5. The first-order valence-electron chi connectivity index (χ1n) is 8.25. The van der Waals surface area contributed by atoms with Crippen LogP contribution in [-0.2, 0) is 0 Å². The molecule has 1 N–H and O–H groups in total. The SMILES string of the molecule is Cc1c(C(=O)N(C)C2CC3CCC(C2)N3)oc2ccc(Br)cc12.Cl. The van der Waals surface area contributed by atoms with Gasteiger partial charge in [-0.05, 0) is 50.8 Å². The fourth-order valence-corrected chi connectivity index (χ4v) is 4.43. The van der Waals surface area contributed by atoms with Gasteiger partial charge in [-0.25, -0.2) is 0 Å². The zero-order valence-electron chi connectivity index (χ0n) is 13.8. The van der Waals surface area contributed by atoms with Gasteiger partial charge in [0, 0.05) is 40.6 Å². The van der Waals surface area contributed by atoms with Crippen molar-refractivity contribution in [2.45, 2.75) is 50.7 Å². The van der Waals surface area contributed by atoms with Crippen LogP contribution in [0.2, 0.25) is 0 Å². The van der Waals surface area contributed by atoms with Gasteiger partial charge in [0.2, 0.25) is 0 Å². The van der Waals surface area contributed by atoms with Gasteiger partial charge in [0.15, 0.2) is 5.76 Å². The zero-order chi connectivity index (χ0) is 16.1. The summed E-state index contributed by atoms with van der Waals surface area (Å²) in [7, 11) is 1.92. The fourth-order valence-electron chi connectivity index (χ4n) is 4.07. The number of fused-ring (bicyclic) bond motifs is 3. The average Bonchev–Trinajstić information content (AvgIpc) is 3.05. The van der Waals surface area contributed by atoms with Crippen LogP contribution in [0.5, 0.6) is 0 Å². The largest absolute Gasteiger partial charge is 0.451 e. The lowest BCUT2D eigenvalue weighted by Crippen LogP contribution is -2.48. The van der Waals surface area contributed by atoms with Gasteiger partial charge in [0.25, 0.3) is 5.91 Å². The van der Waals surface area contributed by atoms with Crippen molar-refractivity contribution in [2.75, 3.05) is 7.05 Å². The predicted molar refractivity (Wildman–Crippen MR) is 101 cm³/mol. The van der Waals surface area contributed by atoms with E-state index in [0.29, 0.717) is 23.9 Å². The third-order valence-electron chi connectivity index (χ3n) is 5.41. The quantitative estimate of drug-likeness (QED) is 0.799. The number of amides is 1. The topological polar surface area (TPSA) is 45.5 Å². The Morgan fingerprint density at radius 3 is 2.62 bits per heavy atom. The Hall–Kier alpha value is -1.04. The second-order valence-corrected chi connectivity index (χ2v) is 7.79. The Labute approximate surface area is 156 Å². The molecule has 2 bridgehead atoms. The van der Waals surface area contributed by atoms with Crippen molar-refractivity contribution < 1.29 is 9.21 Å². The number of nitrogens with zero attached hydrogens (tertiary/aromatic N) is 1. The number of benzene rings is 1. The zero-order valence-corrected chi connectivity index (χ0v) is 16.2. The maximum Gasteiger partial charge on any atom is 0.289 e. The Bertz CT molecular complexity index is 764. The first-order chi connectivity index (χ1) is 11.0. The van der Waals surface area contributed by atoms with E-state index in [9.17, 15) is 4.79 Å². The number of rotatable bonds is 2. The number of furan rings is 1. The molecule has 2 aliphatic heterocycles. The molecule has 24 heavy (non-hydrogen) atoms. The van der Waals surface area contributed by atoms with Gasteiger partial charge < -0.3 is 14.6 Å². The summed E-state index contributed by atoms with van der Waals surface area (Å²) in [6.07, 6.45) is 4.56. The number of aryl methyl sites for hydroxylation is 1. The van der Waals surface area contributed by atoms with Crippen LogP contribution in [0.25, 0.3) is 11.0 Å². The van der Waals surface area contributed by atoms with Crippen LogP contribution in [0.4, 0.5) is 0 Å². The lowest BCUT2D eigenvalue weighted by atomic mass is 9.98. The van der Waals surface area contributed by atoms with Crippen molar-refractivity contribution >= 4 is 45.2 Å². The first kappa shape index (κ1) is 17.8. The van der Waals surface area contributed by atoms with Gasteiger partial charge >= 0.3 is 0 Å². The molecule has 2 saturated heterocycles. The molecule has 0 radical (unpaired) electrons. The number of piperidine rings is 1. The van der Waals surface area contributed by atoms with Crippen LogP contribution in [0.1, 0.15) is 41.8 Å². The fraction of sp³-hybridized carbons (Fsp3) is 0.500. The molecule has 130 valence electrons. The van der Waals surface area contributed by atoms with Gasteiger partial charge in [-0.2, -0.15) is 0 Å². The monoisotopic (exact) mass is 412 g/mol. The molecule has 6 heteroatoms. The second-order valence-electron chi connectivity index (χ2n) is 6.88. The lowest BCUT2D eigenvalue weighted by molar-refractivity contribution is 0.0651. The van der Waals surface area contributed by atoms with Crippen molar-refractivity contribution in [1.82, 2.24) is 10.2 Å². The van der Waals surface area contributed by atoms with Crippen molar-refractivity contribution in [3.63, 3.8) is 0 Å². The van der Waals surface area contributed by atoms with E-state index in [-0.39, 0.29) is 18.3 Å². The van der Waals surface area contributed by atoms with E-state index in [1.165, 1.54) is 12.8 Å². The highest BCUT2D eigenvalue weighted by atomic mass is 79.9.